The first kappa shape index (κ1) is 46.9. The molecule has 2 fully saturated rings. The van der Waals surface area contributed by atoms with Crippen molar-refractivity contribution in [1.29, 1.82) is 0 Å². The first-order chi connectivity index (χ1) is 30.0. The van der Waals surface area contributed by atoms with Gasteiger partial charge in [0.1, 0.15) is 5.60 Å². The van der Waals surface area contributed by atoms with Crippen molar-refractivity contribution in [2.75, 3.05) is 6.61 Å². The van der Waals surface area contributed by atoms with E-state index < -0.39 is 28.3 Å². The van der Waals surface area contributed by atoms with Crippen LogP contribution in [0.25, 0.3) is 0 Å². The fraction of sp³-hybridized carbons (Fsp3) is 0.446. The van der Waals surface area contributed by atoms with Crippen molar-refractivity contribution >= 4 is 43.4 Å². The number of carbonyl (C=O) groups excluding carboxylic acids is 1. The number of benzene rings is 4. The van der Waals surface area contributed by atoms with Crippen molar-refractivity contribution in [1.82, 2.24) is 0 Å². The summed E-state index contributed by atoms with van der Waals surface area (Å²) in [5.74, 6) is 0.0730. The predicted octanol–water partition coefficient (Wildman–Crippen LogP) is 10.9. The lowest BCUT2D eigenvalue weighted by Gasteiger charge is -2.50. The van der Waals surface area contributed by atoms with E-state index in [4.69, 9.17) is 18.3 Å². The van der Waals surface area contributed by atoms with E-state index in [2.05, 4.69) is 196 Å². The number of rotatable bonds is 16. The normalized spacial score (nSPS) is 24.2. The highest BCUT2D eigenvalue weighted by atomic mass is 28.4. The standard InChI is InChI=1S/C56H72O5Si2/c1-12-43-39-42(27-26-38-58-62(53(4,5)6,44-28-18-14-19-29-44)45-30-20-15-21-31-45)36-37-48(43)51(59-41(3)57)56-40-49(52(60-56)55(10,11)50(56)13-2)61-63(54(7,8)9,46-32-22-16-23-33-46)47-34-24-17-25-35-47/h12-25,28-35,42,49-52H,1-2,26-27,36-40H2,3-11H3/t42-,49-,50-,51-,52-,56+/m0/s1. The molecule has 0 saturated carbocycles. The Bertz CT molecular complexity index is 2140. The number of esters is 1. The summed E-state index contributed by atoms with van der Waals surface area (Å²) in [7, 11) is -5.56. The van der Waals surface area contributed by atoms with Crippen LogP contribution in [0, 0.1) is 17.3 Å². The van der Waals surface area contributed by atoms with E-state index in [0.29, 0.717) is 18.9 Å². The van der Waals surface area contributed by atoms with Crippen LogP contribution < -0.4 is 20.7 Å². The highest BCUT2D eigenvalue weighted by Crippen LogP contribution is 2.63. The second-order valence-corrected chi connectivity index (χ2v) is 29.6. The number of fused-ring (bicyclic) bond motifs is 2. The maximum Gasteiger partial charge on any atom is 0.303 e. The van der Waals surface area contributed by atoms with Gasteiger partial charge in [0.05, 0.1) is 12.2 Å². The molecule has 0 amide bonds. The van der Waals surface area contributed by atoms with Gasteiger partial charge in [0.2, 0.25) is 0 Å². The average Bonchev–Trinajstić information content (AvgIpc) is 3.75. The second kappa shape index (κ2) is 18.4. The van der Waals surface area contributed by atoms with Gasteiger partial charge in [-0.2, -0.15) is 0 Å². The van der Waals surface area contributed by atoms with Crippen LogP contribution in [0.15, 0.2) is 158 Å². The monoisotopic (exact) mass is 880 g/mol. The zero-order chi connectivity index (χ0) is 45.3. The Labute approximate surface area is 381 Å². The van der Waals surface area contributed by atoms with E-state index in [1.54, 1.807) is 0 Å². The molecule has 7 rings (SSSR count). The van der Waals surface area contributed by atoms with Crippen molar-refractivity contribution in [3.05, 3.63) is 158 Å². The molecule has 4 aromatic rings. The van der Waals surface area contributed by atoms with Crippen molar-refractivity contribution in [2.45, 2.75) is 135 Å². The Hall–Kier alpha value is -4.12. The van der Waals surface area contributed by atoms with E-state index in [1.165, 1.54) is 33.2 Å². The third-order valence-corrected chi connectivity index (χ3v) is 24.9. The SMILES string of the molecule is C=CC1=C([C@H](OC(C)=O)[C@]23C[C@H](O[Si](c4ccccc4)(c4ccccc4)C(C)(C)C)[C@H](O2)C(C)(C)[C@@H]3C=C)CC[C@H](CCCO[Si](c2ccccc2)(c2ccccc2)C(C)(C)C)C1. The maximum atomic E-state index is 13.3. The molecular weight excluding hydrogens is 809 g/mol. The Morgan fingerprint density at radius 3 is 1.68 bits per heavy atom. The Morgan fingerprint density at radius 2 is 1.25 bits per heavy atom. The molecule has 0 aromatic heterocycles. The molecule has 4 aromatic carbocycles. The molecule has 334 valence electrons. The second-order valence-electron chi connectivity index (χ2n) is 21.1. The molecule has 2 bridgehead atoms. The van der Waals surface area contributed by atoms with Crippen molar-refractivity contribution < 1.29 is 23.1 Å². The van der Waals surface area contributed by atoms with Gasteiger partial charge in [-0.05, 0) is 80.0 Å². The minimum Gasteiger partial charge on any atom is -0.455 e. The third-order valence-electron chi connectivity index (χ3n) is 14.8. The Morgan fingerprint density at radius 1 is 0.778 bits per heavy atom. The van der Waals surface area contributed by atoms with Crippen LogP contribution in [-0.4, -0.2) is 53.1 Å². The predicted molar refractivity (Wildman–Crippen MR) is 265 cm³/mol. The third kappa shape index (κ3) is 8.49. The van der Waals surface area contributed by atoms with Gasteiger partial charge < -0.3 is 18.3 Å². The molecule has 0 spiro atoms. The van der Waals surface area contributed by atoms with E-state index in [-0.39, 0.29) is 39.6 Å². The smallest absolute Gasteiger partial charge is 0.303 e. The lowest BCUT2D eigenvalue weighted by molar-refractivity contribution is -0.161. The zero-order valence-corrected chi connectivity index (χ0v) is 41.5. The van der Waals surface area contributed by atoms with Crippen molar-refractivity contribution in [3.8, 4) is 0 Å². The van der Waals surface area contributed by atoms with Gasteiger partial charge in [-0.25, -0.2) is 0 Å². The maximum absolute atomic E-state index is 13.3. The Balaban J connectivity index is 1.17. The Kier molecular flexibility index (Phi) is 13.7. The molecule has 2 heterocycles. The topological polar surface area (TPSA) is 54.0 Å². The van der Waals surface area contributed by atoms with Gasteiger partial charge in [-0.3, -0.25) is 4.79 Å². The molecule has 0 unspecified atom stereocenters. The van der Waals surface area contributed by atoms with Crippen LogP contribution in [0.4, 0.5) is 0 Å². The van der Waals surface area contributed by atoms with E-state index in [9.17, 15) is 4.79 Å². The fourth-order valence-corrected chi connectivity index (χ4v) is 21.4. The lowest BCUT2D eigenvalue weighted by atomic mass is 9.59. The van der Waals surface area contributed by atoms with Gasteiger partial charge in [-0.15, -0.1) is 6.58 Å². The first-order valence-electron chi connectivity index (χ1n) is 23.3. The lowest BCUT2D eigenvalue weighted by Crippen LogP contribution is -2.69. The number of hydrogen-bond acceptors (Lipinski definition) is 5. The molecule has 0 radical (unpaired) electrons. The summed E-state index contributed by atoms with van der Waals surface area (Å²) in [6.07, 6.45) is 8.28. The van der Waals surface area contributed by atoms with E-state index >= 15 is 0 Å². The summed E-state index contributed by atoms with van der Waals surface area (Å²) < 4.78 is 29.2. The summed E-state index contributed by atoms with van der Waals surface area (Å²) in [6, 6.07) is 43.5. The van der Waals surface area contributed by atoms with Gasteiger partial charge in [0.25, 0.3) is 16.6 Å². The van der Waals surface area contributed by atoms with Crippen molar-refractivity contribution in [3.63, 3.8) is 0 Å². The highest BCUT2D eigenvalue weighted by Gasteiger charge is 2.71. The van der Waals surface area contributed by atoms with Gasteiger partial charge in [0.15, 0.2) is 6.10 Å². The zero-order valence-electron chi connectivity index (χ0n) is 39.5. The van der Waals surface area contributed by atoms with Crippen LogP contribution in [0.3, 0.4) is 0 Å². The van der Waals surface area contributed by atoms with Gasteiger partial charge >= 0.3 is 5.97 Å². The molecular formula is C56H72O5Si2. The molecule has 1 aliphatic carbocycles. The fourth-order valence-electron chi connectivity index (χ4n) is 12.1. The highest BCUT2D eigenvalue weighted by molar-refractivity contribution is 7.00. The van der Waals surface area contributed by atoms with Crippen LogP contribution in [0.5, 0.6) is 0 Å². The van der Waals surface area contributed by atoms with Gasteiger partial charge in [0, 0.05) is 31.3 Å². The van der Waals surface area contributed by atoms with Crippen molar-refractivity contribution in [2.24, 2.45) is 17.3 Å². The summed E-state index contributed by atoms with van der Waals surface area (Å²) in [5, 5.41) is 4.82. The van der Waals surface area contributed by atoms with Crippen LogP contribution in [0.2, 0.25) is 10.1 Å². The molecule has 7 heteroatoms. The van der Waals surface area contributed by atoms with E-state index in [0.717, 1.165) is 37.7 Å². The first-order valence-corrected chi connectivity index (χ1v) is 27.1. The molecule has 0 N–H and O–H groups in total. The summed E-state index contributed by atoms with van der Waals surface area (Å²) >= 11 is 0. The number of ether oxygens (including phenoxy) is 2. The van der Waals surface area contributed by atoms with E-state index in [1.807, 2.05) is 6.08 Å². The quantitative estimate of drug-likeness (QED) is 0.0486. The summed E-state index contributed by atoms with van der Waals surface area (Å²) in [4.78, 5) is 13.3. The minimum absolute atomic E-state index is 0.0671. The average molecular weight is 881 g/mol. The molecule has 2 aliphatic heterocycles. The molecule has 63 heavy (non-hydrogen) atoms. The molecule has 6 atom stereocenters. The summed E-state index contributed by atoms with van der Waals surface area (Å²) in [6.45, 7) is 29.6. The molecule has 3 aliphatic rings. The van der Waals surface area contributed by atoms with Crippen LogP contribution in [-0.2, 0) is 23.1 Å². The van der Waals surface area contributed by atoms with Gasteiger partial charge in [-0.1, -0.05) is 195 Å². The molecule has 2 saturated heterocycles. The largest absolute Gasteiger partial charge is 0.455 e. The minimum atomic E-state index is -2.94. The summed E-state index contributed by atoms with van der Waals surface area (Å²) in [5.41, 5.74) is 1.11. The van der Waals surface area contributed by atoms with Crippen LogP contribution in [0.1, 0.15) is 101 Å². The number of allylic oxidation sites excluding steroid dienone is 2. The number of carbonyl (C=O) groups is 1. The van der Waals surface area contributed by atoms with Crippen LogP contribution >= 0.6 is 0 Å². The molecule has 5 nitrogen and oxygen atoms in total. The number of hydrogen-bond donors (Lipinski definition) is 0.